The summed E-state index contributed by atoms with van der Waals surface area (Å²) in [6.45, 7) is 9.71. The average molecular weight is 434 g/mol. The van der Waals surface area contributed by atoms with Gasteiger partial charge in [-0.15, -0.1) is 0 Å². The molecule has 0 atom stereocenters. The van der Waals surface area contributed by atoms with Crippen molar-refractivity contribution >= 4 is 28.8 Å². The lowest BCUT2D eigenvalue weighted by atomic mass is 10.0. The Morgan fingerprint density at radius 2 is 1.59 bits per heavy atom. The molecule has 0 aliphatic carbocycles. The van der Waals surface area contributed by atoms with Crippen molar-refractivity contribution in [3.05, 3.63) is 75.0 Å². The second-order valence-electron chi connectivity index (χ2n) is 8.18. The van der Waals surface area contributed by atoms with Gasteiger partial charge in [-0.2, -0.15) is 0 Å². The Morgan fingerprint density at radius 3 is 2.19 bits per heavy atom. The van der Waals surface area contributed by atoms with Crippen LogP contribution in [0.4, 0.5) is 11.4 Å². The highest BCUT2D eigenvalue weighted by Gasteiger charge is 2.43. The molecule has 0 radical (unpaired) electrons. The molecule has 2 aromatic carbocycles. The Morgan fingerprint density at radius 1 is 0.938 bits per heavy atom. The standard InChI is InChI=1S/C24H26N4O4/c1-4-25-11-13-26(14-12-25)22-21(18-7-9-19(10-8-18)28(31)32)23(29)27(24(22)30)20-15-16(2)5-6-17(20)3/h5-10,15H,4,11-14H2,1-3H3. The van der Waals surface area contributed by atoms with Gasteiger partial charge in [0.15, 0.2) is 0 Å². The number of non-ortho nitro benzene ring substituents is 1. The van der Waals surface area contributed by atoms with Crippen LogP contribution in [0, 0.1) is 24.0 Å². The maximum atomic E-state index is 13.7. The van der Waals surface area contributed by atoms with Gasteiger partial charge < -0.3 is 9.80 Å². The van der Waals surface area contributed by atoms with Crippen molar-refractivity contribution in [2.45, 2.75) is 20.8 Å². The molecule has 2 aromatic rings. The molecular weight excluding hydrogens is 408 g/mol. The fourth-order valence-corrected chi connectivity index (χ4v) is 4.29. The quantitative estimate of drug-likeness (QED) is 0.408. The van der Waals surface area contributed by atoms with Crippen LogP contribution in [-0.4, -0.2) is 59.3 Å². The maximum Gasteiger partial charge on any atom is 0.282 e. The lowest BCUT2D eigenvalue weighted by Crippen LogP contribution is -2.47. The number of hydrogen-bond donors (Lipinski definition) is 0. The van der Waals surface area contributed by atoms with Crippen LogP contribution in [-0.2, 0) is 9.59 Å². The summed E-state index contributed by atoms with van der Waals surface area (Å²) in [6.07, 6.45) is 0. The zero-order chi connectivity index (χ0) is 23.0. The van der Waals surface area contributed by atoms with Gasteiger partial charge in [-0.25, -0.2) is 4.90 Å². The van der Waals surface area contributed by atoms with E-state index in [0.717, 1.165) is 30.8 Å². The minimum absolute atomic E-state index is 0.0596. The summed E-state index contributed by atoms with van der Waals surface area (Å²) in [5.74, 6) is -0.743. The molecular formula is C24H26N4O4. The fraction of sp³-hybridized carbons (Fsp3) is 0.333. The first kappa shape index (κ1) is 21.7. The number of nitro groups is 1. The normalized spacial score (nSPS) is 17.5. The Kier molecular flexibility index (Phi) is 5.80. The number of carbonyl (C=O) groups excluding carboxylic acids is 2. The van der Waals surface area contributed by atoms with E-state index in [1.54, 1.807) is 12.1 Å². The van der Waals surface area contributed by atoms with E-state index in [1.165, 1.54) is 17.0 Å². The van der Waals surface area contributed by atoms with E-state index in [1.807, 2.05) is 36.9 Å². The number of carbonyl (C=O) groups is 2. The highest BCUT2D eigenvalue weighted by atomic mass is 16.6. The van der Waals surface area contributed by atoms with Crippen LogP contribution >= 0.6 is 0 Å². The van der Waals surface area contributed by atoms with E-state index >= 15 is 0 Å². The Labute approximate surface area is 186 Å². The van der Waals surface area contributed by atoms with Crippen LogP contribution < -0.4 is 4.90 Å². The van der Waals surface area contributed by atoms with Crippen molar-refractivity contribution in [3.63, 3.8) is 0 Å². The zero-order valence-corrected chi connectivity index (χ0v) is 18.5. The van der Waals surface area contributed by atoms with Gasteiger partial charge in [-0.05, 0) is 55.3 Å². The number of nitro benzene ring substituents is 1. The van der Waals surface area contributed by atoms with Crippen molar-refractivity contribution in [2.24, 2.45) is 0 Å². The lowest BCUT2D eigenvalue weighted by Gasteiger charge is -2.36. The van der Waals surface area contributed by atoms with Gasteiger partial charge in [0.05, 0.1) is 16.2 Å². The maximum absolute atomic E-state index is 13.7. The predicted octanol–water partition coefficient (Wildman–Crippen LogP) is 3.13. The van der Waals surface area contributed by atoms with Crippen LogP contribution in [0.15, 0.2) is 48.2 Å². The van der Waals surface area contributed by atoms with Gasteiger partial charge in [-0.3, -0.25) is 19.7 Å². The number of hydrogen-bond acceptors (Lipinski definition) is 6. The molecule has 0 saturated carbocycles. The lowest BCUT2D eigenvalue weighted by molar-refractivity contribution is -0.384. The molecule has 2 amide bonds. The van der Waals surface area contributed by atoms with Gasteiger partial charge in [-0.1, -0.05) is 19.1 Å². The summed E-state index contributed by atoms with van der Waals surface area (Å²) in [6, 6.07) is 11.5. The SMILES string of the molecule is CCN1CCN(C2=C(c3ccc([N+](=O)[O-])cc3)C(=O)N(c3cc(C)ccc3C)C2=O)CC1. The third kappa shape index (κ3) is 3.78. The monoisotopic (exact) mass is 434 g/mol. The molecule has 166 valence electrons. The second-order valence-corrected chi connectivity index (χ2v) is 8.18. The van der Waals surface area contributed by atoms with Crippen molar-refractivity contribution in [2.75, 3.05) is 37.6 Å². The number of aryl methyl sites for hydroxylation is 2. The van der Waals surface area contributed by atoms with Crippen LogP contribution in [0.25, 0.3) is 5.57 Å². The van der Waals surface area contributed by atoms with Gasteiger partial charge in [0.25, 0.3) is 17.5 Å². The smallest absolute Gasteiger partial charge is 0.282 e. The first-order valence-corrected chi connectivity index (χ1v) is 10.7. The van der Waals surface area contributed by atoms with Gasteiger partial charge in [0.1, 0.15) is 5.70 Å². The summed E-state index contributed by atoms with van der Waals surface area (Å²) in [5, 5.41) is 11.1. The van der Waals surface area contributed by atoms with Gasteiger partial charge in [0.2, 0.25) is 0 Å². The number of benzene rings is 2. The van der Waals surface area contributed by atoms with E-state index in [4.69, 9.17) is 0 Å². The van der Waals surface area contributed by atoms with E-state index < -0.39 is 10.8 Å². The van der Waals surface area contributed by atoms with Crippen molar-refractivity contribution < 1.29 is 14.5 Å². The molecule has 2 aliphatic rings. The largest absolute Gasteiger partial charge is 0.364 e. The van der Waals surface area contributed by atoms with E-state index in [9.17, 15) is 19.7 Å². The summed E-state index contributed by atoms with van der Waals surface area (Å²) in [7, 11) is 0. The molecule has 2 aliphatic heterocycles. The van der Waals surface area contributed by atoms with E-state index in [0.29, 0.717) is 35.6 Å². The highest BCUT2D eigenvalue weighted by Crippen LogP contribution is 2.37. The number of imide groups is 1. The zero-order valence-electron chi connectivity index (χ0n) is 18.5. The predicted molar refractivity (Wildman–Crippen MR) is 122 cm³/mol. The molecule has 8 nitrogen and oxygen atoms in total. The fourth-order valence-electron chi connectivity index (χ4n) is 4.29. The third-order valence-corrected chi connectivity index (χ3v) is 6.17. The Bertz CT molecular complexity index is 1120. The summed E-state index contributed by atoms with van der Waals surface area (Å²) in [5.41, 5.74) is 3.48. The molecule has 0 unspecified atom stereocenters. The number of anilines is 1. The molecule has 8 heteroatoms. The van der Waals surface area contributed by atoms with Crippen molar-refractivity contribution in [3.8, 4) is 0 Å². The molecule has 32 heavy (non-hydrogen) atoms. The topological polar surface area (TPSA) is 87.0 Å². The second kappa shape index (κ2) is 8.55. The number of rotatable bonds is 5. The van der Waals surface area contributed by atoms with Crippen LogP contribution in [0.3, 0.4) is 0 Å². The number of likely N-dealkylation sites (N-methyl/N-ethyl adjacent to an activating group) is 1. The summed E-state index contributed by atoms with van der Waals surface area (Å²) >= 11 is 0. The summed E-state index contributed by atoms with van der Waals surface area (Å²) in [4.78, 5) is 43.5. The number of piperazine rings is 1. The summed E-state index contributed by atoms with van der Waals surface area (Å²) < 4.78 is 0. The van der Waals surface area contributed by atoms with Crippen molar-refractivity contribution in [1.29, 1.82) is 0 Å². The molecule has 4 rings (SSSR count). The van der Waals surface area contributed by atoms with Gasteiger partial charge in [0, 0.05) is 38.3 Å². The van der Waals surface area contributed by atoms with Crippen molar-refractivity contribution in [1.82, 2.24) is 9.80 Å². The molecule has 2 heterocycles. The van der Waals surface area contributed by atoms with Crippen LogP contribution in [0.1, 0.15) is 23.6 Å². The minimum Gasteiger partial charge on any atom is -0.364 e. The Hall–Kier alpha value is -3.52. The van der Waals surface area contributed by atoms with Gasteiger partial charge >= 0.3 is 0 Å². The molecule has 1 fully saturated rings. The first-order valence-electron chi connectivity index (χ1n) is 10.7. The molecule has 0 spiro atoms. The third-order valence-electron chi connectivity index (χ3n) is 6.17. The molecule has 0 aromatic heterocycles. The van der Waals surface area contributed by atoms with Crippen LogP contribution in [0.5, 0.6) is 0 Å². The molecule has 0 bridgehead atoms. The van der Waals surface area contributed by atoms with Crippen LogP contribution in [0.2, 0.25) is 0 Å². The average Bonchev–Trinajstić information content (AvgIpc) is 3.05. The first-order chi connectivity index (χ1) is 15.3. The number of nitrogens with zero attached hydrogens (tertiary/aromatic N) is 4. The van der Waals surface area contributed by atoms with E-state index in [2.05, 4.69) is 11.8 Å². The van der Waals surface area contributed by atoms with E-state index in [-0.39, 0.29) is 11.6 Å². The molecule has 1 saturated heterocycles. The minimum atomic E-state index is -0.479. The number of amides is 2. The highest BCUT2D eigenvalue weighted by molar-refractivity contribution is 6.45. The Balaban J connectivity index is 1.81. The molecule has 0 N–H and O–H groups in total.